The molecular weight excluding hydrogens is 469 g/mol. The van der Waals surface area contributed by atoms with Crippen LogP contribution in [0.2, 0.25) is 5.02 Å². The highest BCUT2D eigenvalue weighted by atomic mass is 35.5. The number of halogens is 2. The Labute approximate surface area is 199 Å². The van der Waals surface area contributed by atoms with Crippen LogP contribution in [-0.2, 0) is 20.7 Å². The van der Waals surface area contributed by atoms with Crippen LogP contribution in [-0.4, -0.2) is 43.2 Å². The molecule has 1 aliphatic rings. The van der Waals surface area contributed by atoms with Crippen LogP contribution in [0.3, 0.4) is 0 Å². The lowest BCUT2D eigenvalue weighted by molar-refractivity contribution is -0.127. The zero-order valence-electron chi connectivity index (χ0n) is 17.9. The molecule has 0 aliphatic carbocycles. The van der Waals surface area contributed by atoms with Crippen molar-refractivity contribution in [3.63, 3.8) is 0 Å². The number of hydrogen-bond donors (Lipinski definition) is 1. The molecule has 0 saturated carbocycles. The van der Waals surface area contributed by atoms with E-state index in [1.54, 1.807) is 26.2 Å². The van der Waals surface area contributed by atoms with Gasteiger partial charge in [-0.15, -0.1) is 11.3 Å². The molecule has 10 heteroatoms. The van der Waals surface area contributed by atoms with Gasteiger partial charge in [0, 0.05) is 30.2 Å². The number of hydrogen-bond acceptors (Lipinski definition) is 6. The van der Waals surface area contributed by atoms with E-state index in [-0.39, 0.29) is 17.5 Å². The summed E-state index contributed by atoms with van der Waals surface area (Å²) in [5, 5.41) is 5.43. The first-order chi connectivity index (χ1) is 15.9. The summed E-state index contributed by atoms with van der Waals surface area (Å²) in [4.78, 5) is 31.6. The Morgan fingerprint density at radius 2 is 2.15 bits per heavy atom. The summed E-state index contributed by atoms with van der Waals surface area (Å²) in [6.45, 7) is 1.97. The van der Waals surface area contributed by atoms with Gasteiger partial charge in [-0.1, -0.05) is 11.6 Å². The molecule has 1 N–H and O–H groups in total. The van der Waals surface area contributed by atoms with Crippen molar-refractivity contribution < 1.29 is 23.5 Å². The molecule has 172 valence electrons. The van der Waals surface area contributed by atoms with Crippen LogP contribution in [0.1, 0.15) is 11.9 Å². The van der Waals surface area contributed by atoms with Gasteiger partial charge in [-0.2, -0.15) is 0 Å². The highest BCUT2D eigenvalue weighted by Crippen LogP contribution is 2.37. The normalized spacial score (nSPS) is 15.2. The number of rotatable bonds is 7. The first kappa shape index (κ1) is 23.2. The molecule has 7 nitrogen and oxygen atoms in total. The fourth-order valence-electron chi connectivity index (χ4n) is 3.40. The number of methoxy groups -OCH3 is 1. The predicted molar refractivity (Wildman–Crippen MR) is 126 cm³/mol. The number of carbonyl (C=O) groups excluding carboxylic acids is 2. The number of carbonyl (C=O) groups is 2. The van der Waals surface area contributed by atoms with Crippen molar-refractivity contribution >= 4 is 46.1 Å². The Morgan fingerprint density at radius 1 is 1.33 bits per heavy atom. The summed E-state index contributed by atoms with van der Waals surface area (Å²) < 4.78 is 24.2. The van der Waals surface area contributed by atoms with E-state index in [1.807, 2.05) is 11.4 Å². The molecule has 4 rings (SSSR count). The smallest absolute Gasteiger partial charge is 0.268 e. The van der Waals surface area contributed by atoms with E-state index in [2.05, 4.69) is 10.3 Å². The SMILES string of the molecule is COCCc1nc(-c2ccc3c(c2)N(CC(=O)Nc2ccc(F)c(Cl)c2)C(=O)C(C)O3)cs1. The van der Waals surface area contributed by atoms with Crippen molar-refractivity contribution in [2.24, 2.45) is 0 Å². The van der Waals surface area contributed by atoms with Gasteiger partial charge in [-0.3, -0.25) is 14.5 Å². The van der Waals surface area contributed by atoms with Gasteiger partial charge in [0.2, 0.25) is 5.91 Å². The van der Waals surface area contributed by atoms with Crippen LogP contribution in [0, 0.1) is 5.82 Å². The van der Waals surface area contributed by atoms with E-state index in [0.717, 1.165) is 22.3 Å². The molecule has 0 radical (unpaired) electrons. The molecule has 1 unspecified atom stereocenters. The lowest BCUT2D eigenvalue weighted by Crippen LogP contribution is -2.47. The minimum Gasteiger partial charge on any atom is -0.479 e. The van der Waals surface area contributed by atoms with Gasteiger partial charge in [0.1, 0.15) is 18.1 Å². The zero-order valence-corrected chi connectivity index (χ0v) is 19.5. The minimum atomic E-state index is -0.740. The molecule has 2 heterocycles. The largest absolute Gasteiger partial charge is 0.479 e. The molecule has 0 spiro atoms. The maximum absolute atomic E-state index is 13.4. The van der Waals surface area contributed by atoms with Gasteiger partial charge in [0.15, 0.2) is 6.10 Å². The van der Waals surface area contributed by atoms with E-state index in [1.165, 1.54) is 28.4 Å². The number of thiazole rings is 1. The van der Waals surface area contributed by atoms with Crippen LogP contribution in [0.5, 0.6) is 5.75 Å². The number of nitrogens with zero attached hydrogens (tertiary/aromatic N) is 2. The number of nitrogens with one attached hydrogen (secondary N) is 1. The number of aromatic nitrogens is 1. The highest BCUT2D eigenvalue weighted by Gasteiger charge is 2.33. The molecule has 2 amide bonds. The maximum atomic E-state index is 13.4. The van der Waals surface area contributed by atoms with Gasteiger partial charge < -0.3 is 14.8 Å². The molecule has 3 aromatic rings. The van der Waals surface area contributed by atoms with E-state index in [4.69, 9.17) is 21.1 Å². The molecule has 0 fully saturated rings. The number of ether oxygens (including phenoxy) is 2. The summed E-state index contributed by atoms with van der Waals surface area (Å²) in [5.41, 5.74) is 2.38. The second-order valence-corrected chi connectivity index (χ2v) is 8.76. The second-order valence-electron chi connectivity index (χ2n) is 7.41. The third-order valence-electron chi connectivity index (χ3n) is 5.04. The van der Waals surface area contributed by atoms with E-state index >= 15 is 0 Å². The predicted octanol–water partition coefficient (Wildman–Crippen LogP) is 4.54. The van der Waals surface area contributed by atoms with Gasteiger partial charge in [-0.25, -0.2) is 9.37 Å². The third kappa shape index (κ3) is 5.16. The van der Waals surface area contributed by atoms with Crippen LogP contribution >= 0.6 is 22.9 Å². The number of anilines is 2. The molecular formula is C23H21ClFN3O4S. The fraction of sp³-hybridized carbons (Fsp3) is 0.261. The van der Waals surface area contributed by atoms with Crippen LogP contribution in [0.15, 0.2) is 41.8 Å². The third-order valence-corrected chi connectivity index (χ3v) is 6.24. The molecule has 33 heavy (non-hydrogen) atoms. The maximum Gasteiger partial charge on any atom is 0.268 e. The van der Waals surface area contributed by atoms with Crippen LogP contribution < -0.4 is 15.0 Å². The average Bonchev–Trinajstić information content (AvgIpc) is 3.27. The summed E-state index contributed by atoms with van der Waals surface area (Å²) in [6.07, 6.45) is -0.0263. The zero-order chi connectivity index (χ0) is 23.5. The molecule has 1 atom stereocenters. The Bertz CT molecular complexity index is 1200. The van der Waals surface area contributed by atoms with Crippen molar-refractivity contribution in [3.05, 3.63) is 57.6 Å². The number of benzene rings is 2. The van der Waals surface area contributed by atoms with Crippen LogP contribution in [0.4, 0.5) is 15.8 Å². The number of fused-ring (bicyclic) bond motifs is 1. The summed E-state index contributed by atoms with van der Waals surface area (Å²) in [6, 6.07) is 9.31. The number of amides is 2. The lowest BCUT2D eigenvalue weighted by Gasteiger charge is -2.32. The van der Waals surface area contributed by atoms with Crippen molar-refractivity contribution in [1.82, 2.24) is 4.98 Å². The van der Waals surface area contributed by atoms with E-state index in [0.29, 0.717) is 30.2 Å². The summed E-state index contributed by atoms with van der Waals surface area (Å²) >= 11 is 7.32. The van der Waals surface area contributed by atoms with Gasteiger partial charge in [-0.05, 0) is 43.3 Å². The Kier molecular flexibility index (Phi) is 6.92. The van der Waals surface area contributed by atoms with Crippen LogP contribution in [0.25, 0.3) is 11.3 Å². The Balaban J connectivity index is 1.58. The monoisotopic (exact) mass is 489 g/mol. The Hall–Kier alpha value is -3.01. The van der Waals surface area contributed by atoms with Crippen molar-refractivity contribution in [2.45, 2.75) is 19.4 Å². The molecule has 1 aromatic heterocycles. The Morgan fingerprint density at radius 3 is 2.91 bits per heavy atom. The quantitative estimate of drug-likeness (QED) is 0.527. The summed E-state index contributed by atoms with van der Waals surface area (Å²) in [5.74, 6) is -0.878. The lowest BCUT2D eigenvalue weighted by atomic mass is 10.1. The van der Waals surface area contributed by atoms with Gasteiger partial charge >= 0.3 is 0 Å². The van der Waals surface area contributed by atoms with Gasteiger partial charge in [0.05, 0.1) is 28.0 Å². The average molecular weight is 490 g/mol. The standard InChI is InChI=1S/C23H21ClFN3O4S/c1-13-23(30)28(11-21(29)26-15-4-5-17(25)16(24)10-15)19-9-14(3-6-20(19)32-13)18-12-33-22(27-18)7-8-31-2/h3-6,9-10,12-13H,7-8,11H2,1-2H3,(H,26,29). The molecule has 1 aliphatic heterocycles. The second kappa shape index (κ2) is 9.86. The van der Waals surface area contributed by atoms with E-state index < -0.39 is 17.8 Å². The van der Waals surface area contributed by atoms with Crippen molar-refractivity contribution in [1.29, 1.82) is 0 Å². The van der Waals surface area contributed by atoms with E-state index in [9.17, 15) is 14.0 Å². The first-order valence-corrected chi connectivity index (χ1v) is 11.4. The fourth-order valence-corrected chi connectivity index (χ4v) is 4.36. The molecule has 2 aromatic carbocycles. The van der Waals surface area contributed by atoms with Crippen molar-refractivity contribution in [3.8, 4) is 17.0 Å². The highest BCUT2D eigenvalue weighted by molar-refractivity contribution is 7.09. The molecule has 0 saturated heterocycles. The summed E-state index contributed by atoms with van der Waals surface area (Å²) in [7, 11) is 1.64. The van der Waals surface area contributed by atoms with Gasteiger partial charge in [0.25, 0.3) is 5.91 Å². The first-order valence-electron chi connectivity index (χ1n) is 10.2. The molecule has 0 bridgehead atoms. The topological polar surface area (TPSA) is 80.8 Å². The van der Waals surface area contributed by atoms with Crippen molar-refractivity contribution in [2.75, 3.05) is 30.5 Å². The minimum absolute atomic E-state index is 0.105.